The molecule has 0 saturated heterocycles. The number of hydrogen-bond donors (Lipinski definition) is 1. The lowest BCUT2D eigenvalue weighted by molar-refractivity contribution is 0.0948. The summed E-state index contributed by atoms with van der Waals surface area (Å²) < 4.78 is 12.0. The van der Waals surface area contributed by atoms with E-state index in [-0.39, 0.29) is 23.7 Å². The second-order valence-electron chi connectivity index (χ2n) is 7.53. The van der Waals surface area contributed by atoms with Gasteiger partial charge in [-0.05, 0) is 41.8 Å². The Balaban J connectivity index is 1.59. The fourth-order valence-electron chi connectivity index (χ4n) is 3.74. The first-order valence-corrected chi connectivity index (χ1v) is 10.6. The van der Waals surface area contributed by atoms with Crippen LogP contribution in [0.3, 0.4) is 0 Å². The van der Waals surface area contributed by atoms with Crippen LogP contribution < -0.4 is 20.3 Å². The minimum absolute atomic E-state index is 0.221. The highest BCUT2D eigenvalue weighted by Gasteiger charge is 2.17. The van der Waals surface area contributed by atoms with E-state index in [1.165, 1.54) is 4.68 Å². The quantitative estimate of drug-likeness (QED) is 0.451. The molecule has 4 rings (SSSR count). The number of aromatic nitrogens is 2. The van der Waals surface area contributed by atoms with Gasteiger partial charge in [0.05, 0.1) is 26.2 Å². The number of nitrogens with one attached hydrogen (secondary N) is 1. The Labute approximate surface area is 191 Å². The minimum Gasteiger partial charge on any atom is -0.497 e. The number of rotatable bonds is 8. The van der Waals surface area contributed by atoms with Gasteiger partial charge in [-0.25, -0.2) is 4.68 Å². The third kappa shape index (κ3) is 4.87. The van der Waals surface area contributed by atoms with Gasteiger partial charge in [0.2, 0.25) is 0 Å². The first kappa shape index (κ1) is 22.1. The van der Waals surface area contributed by atoms with E-state index in [4.69, 9.17) is 9.47 Å². The van der Waals surface area contributed by atoms with Gasteiger partial charge >= 0.3 is 0 Å². The monoisotopic (exact) mass is 443 g/mol. The summed E-state index contributed by atoms with van der Waals surface area (Å²) >= 11 is 0. The molecule has 7 heteroatoms. The summed E-state index contributed by atoms with van der Waals surface area (Å²) in [6, 6.07) is 22.2. The second-order valence-corrected chi connectivity index (χ2v) is 7.53. The number of carbonyl (C=O) groups excluding carboxylic acids is 1. The third-order valence-electron chi connectivity index (χ3n) is 5.43. The van der Waals surface area contributed by atoms with Gasteiger partial charge in [0, 0.05) is 11.9 Å². The van der Waals surface area contributed by atoms with E-state index in [2.05, 4.69) is 10.4 Å². The Morgan fingerprint density at radius 1 is 0.939 bits per heavy atom. The van der Waals surface area contributed by atoms with Gasteiger partial charge in [0.15, 0.2) is 5.69 Å². The molecule has 3 aromatic carbocycles. The zero-order chi connectivity index (χ0) is 23.2. The zero-order valence-corrected chi connectivity index (χ0v) is 18.6. The molecule has 0 unspecified atom stereocenters. The first-order chi connectivity index (χ1) is 16.1. The van der Waals surface area contributed by atoms with Crippen molar-refractivity contribution in [1.29, 1.82) is 0 Å². The van der Waals surface area contributed by atoms with E-state index in [1.807, 2.05) is 48.5 Å². The summed E-state index contributed by atoms with van der Waals surface area (Å²) in [6.07, 6.45) is 0.549. The molecule has 0 radical (unpaired) electrons. The van der Waals surface area contributed by atoms with Crippen LogP contribution in [0.2, 0.25) is 0 Å². The molecule has 1 heterocycles. The second kappa shape index (κ2) is 9.99. The van der Waals surface area contributed by atoms with E-state index >= 15 is 0 Å². The molecule has 0 saturated carbocycles. The molecule has 0 fully saturated rings. The van der Waals surface area contributed by atoms with Crippen LogP contribution in [0.15, 0.2) is 77.6 Å². The van der Waals surface area contributed by atoms with Gasteiger partial charge in [-0.2, -0.15) is 5.10 Å². The number of fused-ring (bicyclic) bond motifs is 1. The SMILES string of the molecule is COc1ccc(OC)c(CCNC(=O)c2nn(Cc3ccccc3)c(=O)c3ccccc23)c1. The smallest absolute Gasteiger partial charge is 0.274 e. The summed E-state index contributed by atoms with van der Waals surface area (Å²) in [6.45, 7) is 0.655. The van der Waals surface area contributed by atoms with Crippen molar-refractivity contribution in [3.8, 4) is 11.5 Å². The van der Waals surface area contributed by atoms with Crippen LogP contribution in [0, 0.1) is 0 Å². The van der Waals surface area contributed by atoms with Crippen molar-refractivity contribution in [2.24, 2.45) is 0 Å². The maximum absolute atomic E-state index is 13.1. The Bertz CT molecular complexity index is 1330. The van der Waals surface area contributed by atoms with Gasteiger partial charge in [-0.15, -0.1) is 0 Å². The summed E-state index contributed by atoms with van der Waals surface area (Å²) in [5.74, 6) is 1.11. The molecule has 1 aromatic heterocycles. The molecular formula is C26H25N3O4. The fraction of sp³-hybridized carbons (Fsp3) is 0.192. The van der Waals surface area contributed by atoms with Crippen molar-refractivity contribution in [3.05, 3.63) is 100.0 Å². The number of benzene rings is 3. The zero-order valence-electron chi connectivity index (χ0n) is 18.6. The normalized spacial score (nSPS) is 10.7. The maximum atomic E-state index is 13.1. The maximum Gasteiger partial charge on any atom is 0.274 e. The van der Waals surface area contributed by atoms with Crippen molar-refractivity contribution in [3.63, 3.8) is 0 Å². The summed E-state index contributed by atoms with van der Waals surface area (Å²) in [7, 11) is 3.21. The molecule has 1 amide bonds. The van der Waals surface area contributed by atoms with E-state index < -0.39 is 0 Å². The molecule has 1 N–H and O–H groups in total. The van der Waals surface area contributed by atoms with Gasteiger partial charge < -0.3 is 14.8 Å². The molecule has 4 aromatic rings. The number of amides is 1. The Hall–Kier alpha value is -4.13. The van der Waals surface area contributed by atoms with Crippen LogP contribution in [0.4, 0.5) is 0 Å². The topological polar surface area (TPSA) is 82.4 Å². The first-order valence-electron chi connectivity index (χ1n) is 10.6. The van der Waals surface area contributed by atoms with Crippen molar-refractivity contribution >= 4 is 16.7 Å². The third-order valence-corrected chi connectivity index (χ3v) is 5.43. The number of hydrogen-bond acceptors (Lipinski definition) is 5. The van der Waals surface area contributed by atoms with Gasteiger partial charge in [-0.3, -0.25) is 9.59 Å². The molecule has 0 spiro atoms. The lowest BCUT2D eigenvalue weighted by Gasteiger charge is -2.13. The summed E-state index contributed by atoms with van der Waals surface area (Å²) in [5, 5.41) is 8.35. The minimum atomic E-state index is -0.338. The lowest BCUT2D eigenvalue weighted by Crippen LogP contribution is -2.32. The average molecular weight is 444 g/mol. The van der Waals surface area contributed by atoms with Crippen LogP contribution >= 0.6 is 0 Å². The lowest BCUT2D eigenvalue weighted by atomic mass is 10.1. The van der Waals surface area contributed by atoms with Gasteiger partial charge in [0.25, 0.3) is 11.5 Å². The highest BCUT2D eigenvalue weighted by molar-refractivity contribution is 6.04. The Morgan fingerprint density at radius 3 is 2.39 bits per heavy atom. The molecular weight excluding hydrogens is 418 g/mol. The van der Waals surface area contributed by atoms with Crippen LogP contribution in [0.5, 0.6) is 11.5 Å². The number of ether oxygens (including phenoxy) is 2. The standard InChI is InChI=1S/C26H25N3O4/c1-32-20-12-13-23(33-2)19(16-20)14-15-27-25(30)24-21-10-6-7-11-22(21)26(31)29(28-24)17-18-8-4-3-5-9-18/h3-13,16H,14-15,17H2,1-2H3,(H,27,30). The van der Waals surface area contributed by atoms with Gasteiger partial charge in [0.1, 0.15) is 11.5 Å². The van der Waals surface area contributed by atoms with E-state index in [0.29, 0.717) is 23.7 Å². The molecule has 0 aliphatic heterocycles. The number of methoxy groups -OCH3 is 2. The molecule has 7 nitrogen and oxygen atoms in total. The van der Waals surface area contributed by atoms with Crippen molar-refractivity contribution in [1.82, 2.24) is 15.1 Å². The molecule has 0 bridgehead atoms. The van der Waals surface area contributed by atoms with E-state index in [9.17, 15) is 9.59 Å². The van der Waals surface area contributed by atoms with Crippen molar-refractivity contribution in [2.45, 2.75) is 13.0 Å². The summed E-state index contributed by atoms with van der Waals surface area (Å²) in [4.78, 5) is 26.1. The predicted octanol–water partition coefficient (Wildman–Crippen LogP) is 3.43. The van der Waals surface area contributed by atoms with E-state index in [1.54, 1.807) is 38.5 Å². The molecule has 0 atom stereocenters. The molecule has 168 valence electrons. The largest absolute Gasteiger partial charge is 0.497 e. The van der Waals surface area contributed by atoms with E-state index in [0.717, 1.165) is 22.6 Å². The van der Waals surface area contributed by atoms with Crippen LogP contribution in [0.25, 0.3) is 10.8 Å². The van der Waals surface area contributed by atoms with Crippen LogP contribution in [-0.2, 0) is 13.0 Å². The predicted molar refractivity (Wildman–Crippen MR) is 127 cm³/mol. The van der Waals surface area contributed by atoms with Gasteiger partial charge in [-0.1, -0.05) is 48.5 Å². The Morgan fingerprint density at radius 2 is 1.67 bits per heavy atom. The average Bonchev–Trinajstić information content (AvgIpc) is 2.86. The molecule has 33 heavy (non-hydrogen) atoms. The summed E-state index contributed by atoms with van der Waals surface area (Å²) in [5.41, 5.74) is 1.84. The number of nitrogens with zero attached hydrogens (tertiary/aromatic N) is 2. The Kier molecular flexibility index (Phi) is 6.69. The van der Waals surface area contributed by atoms with Crippen LogP contribution in [0.1, 0.15) is 21.6 Å². The molecule has 0 aliphatic carbocycles. The van der Waals surface area contributed by atoms with Crippen molar-refractivity contribution in [2.75, 3.05) is 20.8 Å². The molecule has 0 aliphatic rings. The highest BCUT2D eigenvalue weighted by atomic mass is 16.5. The number of carbonyl (C=O) groups is 1. The fourth-order valence-corrected chi connectivity index (χ4v) is 3.74. The highest BCUT2D eigenvalue weighted by Crippen LogP contribution is 2.24. The van der Waals surface area contributed by atoms with Crippen LogP contribution in [-0.4, -0.2) is 36.5 Å². The van der Waals surface area contributed by atoms with Crippen molar-refractivity contribution < 1.29 is 14.3 Å².